The Morgan fingerprint density at radius 3 is 2.90 bits per heavy atom. The van der Waals surface area contributed by atoms with E-state index in [0.717, 1.165) is 44.4 Å². The molecule has 5 heteroatoms. The van der Waals surface area contributed by atoms with Gasteiger partial charge in [0.05, 0.1) is 5.01 Å². The molecule has 1 saturated carbocycles. The Balaban J connectivity index is 1.69. The first kappa shape index (κ1) is 15.3. The van der Waals surface area contributed by atoms with Gasteiger partial charge in [0.1, 0.15) is 0 Å². The highest BCUT2D eigenvalue weighted by molar-refractivity contribution is 7.11. The molecule has 0 radical (unpaired) electrons. The van der Waals surface area contributed by atoms with Crippen molar-refractivity contribution in [2.45, 2.75) is 46.0 Å². The van der Waals surface area contributed by atoms with Crippen LogP contribution in [0.25, 0.3) is 0 Å². The van der Waals surface area contributed by atoms with E-state index in [1.165, 1.54) is 29.1 Å². The van der Waals surface area contributed by atoms with Crippen LogP contribution >= 0.6 is 11.3 Å². The lowest BCUT2D eigenvalue weighted by molar-refractivity contribution is 0.724. The molecule has 2 N–H and O–H groups in total. The number of nitrogens with zero attached hydrogens (tertiary/aromatic N) is 2. The second-order valence-electron chi connectivity index (χ2n) is 5.24. The van der Waals surface area contributed by atoms with Crippen molar-refractivity contribution in [3.05, 3.63) is 16.1 Å². The molecule has 2 rings (SSSR count). The van der Waals surface area contributed by atoms with Crippen LogP contribution in [0.5, 0.6) is 0 Å². The third-order valence-corrected chi connectivity index (χ3v) is 4.63. The van der Waals surface area contributed by atoms with Crippen LogP contribution in [-0.4, -0.2) is 30.6 Å². The Kier molecular flexibility index (Phi) is 6.30. The fourth-order valence-corrected chi connectivity index (χ4v) is 2.88. The maximum atomic E-state index is 4.62. The monoisotopic (exact) mass is 294 g/mol. The van der Waals surface area contributed by atoms with Gasteiger partial charge in [-0.2, -0.15) is 0 Å². The molecule has 1 heterocycles. The molecule has 1 aliphatic carbocycles. The summed E-state index contributed by atoms with van der Waals surface area (Å²) in [7, 11) is 0. The highest BCUT2D eigenvalue weighted by atomic mass is 32.1. The van der Waals surface area contributed by atoms with Gasteiger partial charge in [0.15, 0.2) is 5.96 Å². The first-order chi connectivity index (χ1) is 9.81. The maximum absolute atomic E-state index is 4.62. The molecule has 0 saturated heterocycles. The molecule has 4 nitrogen and oxygen atoms in total. The standard InChI is InChI=1S/C15H26N4S/c1-3-13-11-19-14(20-13)8-10-18-15(16-4-2)17-9-7-12-5-6-12/h11-12H,3-10H2,1-2H3,(H2,16,17,18). The summed E-state index contributed by atoms with van der Waals surface area (Å²) in [6, 6.07) is 0. The molecule has 0 unspecified atom stereocenters. The van der Waals surface area contributed by atoms with Crippen molar-refractivity contribution >= 4 is 17.3 Å². The lowest BCUT2D eigenvalue weighted by Gasteiger charge is -2.10. The molecule has 20 heavy (non-hydrogen) atoms. The fourth-order valence-electron chi connectivity index (χ4n) is 2.02. The van der Waals surface area contributed by atoms with Crippen molar-refractivity contribution < 1.29 is 0 Å². The van der Waals surface area contributed by atoms with Gasteiger partial charge in [-0.05, 0) is 25.7 Å². The third kappa shape index (κ3) is 5.49. The zero-order chi connectivity index (χ0) is 14.2. The summed E-state index contributed by atoms with van der Waals surface area (Å²) in [5.41, 5.74) is 0. The molecule has 1 aliphatic rings. The van der Waals surface area contributed by atoms with Crippen molar-refractivity contribution in [1.29, 1.82) is 0 Å². The summed E-state index contributed by atoms with van der Waals surface area (Å²) in [6.07, 6.45) is 8.10. The van der Waals surface area contributed by atoms with Crippen molar-refractivity contribution in [2.24, 2.45) is 10.9 Å². The molecule has 0 aromatic carbocycles. The Morgan fingerprint density at radius 2 is 2.25 bits per heavy atom. The number of hydrogen-bond acceptors (Lipinski definition) is 3. The van der Waals surface area contributed by atoms with E-state index < -0.39 is 0 Å². The maximum Gasteiger partial charge on any atom is 0.191 e. The van der Waals surface area contributed by atoms with Gasteiger partial charge in [-0.15, -0.1) is 11.3 Å². The number of aromatic nitrogens is 1. The van der Waals surface area contributed by atoms with Crippen molar-refractivity contribution in [1.82, 2.24) is 15.6 Å². The molecule has 0 atom stereocenters. The van der Waals surface area contributed by atoms with E-state index in [0.29, 0.717) is 0 Å². The Morgan fingerprint density at radius 1 is 1.40 bits per heavy atom. The van der Waals surface area contributed by atoms with Crippen LogP contribution in [0.15, 0.2) is 11.2 Å². The molecule has 0 amide bonds. The Hall–Kier alpha value is -1.10. The van der Waals surface area contributed by atoms with Gasteiger partial charge in [-0.1, -0.05) is 19.8 Å². The molecule has 112 valence electrons. The average molecular weight is 294 g/mol. The summed E-state index contributed by atoms with van der Waals surface area (Å²) < 4.78 is 0. The van der Waals surface area contributed by atoms with Gasteiger partial charge in [0, 0.05) is 37.1 Å². The van der Waals surface area contributed by atoms with Crippen LogP contribution < -0.4 is 10.6 Å². The lowest BCUT2D eigenvalue weighted by atomic mass is 10.3. The molecule has 1 aromatic rings. The van der Waals surface area contributed by atoms with Gasteiger partial charge in [0.25, 0.3) is 0 Å². The second-order valence-corrected chi connectivity index (χ2v) is 6.44. The van der Waals surface area contributed by atoms with Gasteiger partial charge in [0.2, 0.25) is 0 Å². The van der Waals surface area contributed by atoms with E-state index in [4.69, 9.17) is 0 Å². The summed E-state index contributed by atoms with van der Waals surface area (Å²) >= 11 is 1.82. The lowest BCUT2D eigenvalue weighted by Crippen LogP contribution is -2.38. The first-order valence-electron chi connectivity index (χ1n) is 7.77. The third-order valence-electron chi connectivity index (χ3n) is 3.43. The second kappa shape index (κ2) is 8.25. The van der Waals surface area contributed by atoms with E-state index in [1.54, 1.807) is 0 Å². The van der Waals surface area contributed by atoms with E-state index in [-0.39, 0.29) is 0 Å². The number of thiazole rings is 1. The number of nitrogens with one attached hydrogen (secondary N) is 2. The topological polar surface area (TPSA) is 49.3 Å². The smallest absolute Gasteiger partial charge is 0.191 e. The minimum absolute atomic E-state index is 0.895. The predicted molar refractivity (Wildman–Crippen MR) is 86.5 cm³/mol. The zero-order valence-electron chi connectivity index (χ0n) is 12.6. The highest BCUT2D eigenvalue weighted by Gasteiger charge is 2.20. The average Bonchev–Trinajstić information content (AvgIpc) is 3.16. The van der Waals surface area contributed by atoms with Gasteiger partial charge in [-0.25, -0.2) is 4.98 Å². The molecular weight excluding hydrogens is 268 g/mol. The molecule has 1 fully saturated rings. The highest BCUT2D eigenvalue weighted by Crippen LogP contribution is 2.32. The predicted octanol–water partition coefficient (Wildman–Crippen LogP) is 2.60. The largest absolute Gasteiger partial charge is 0.357 e. The van der Waals surface area contributed by atoms with E-state index in [9.17, 15) is 0 Å². The Bertz CT molecular complexity index is 423. The summed E-state index contributed by atoms with van der Waals surface area (Å²) in [4.78, 5) is 10.4. The number of hydrogen-bond donors (Lipinski definition) is 2. The molecular formula is C15H26N4S. The SMILES string of the molecule is CCNC(=NCCC1CC1)NCCc1ncc(CC)s1. The first-order valence-corrected chi connectivity index (χ1v) is 8.59. The zero-order valence-corrected chi connectivity index (χ0v) is 13.4. The fraction of sp³-hybridized carbons (Fsp3) is 0.733. The van der Waals surface area contributed by atoms with Crippen molar-refractivity contribution in [3.8, 4) is 0 Å². The molecule has 1 aromatic heterocycles. The number of rotatable bonds is 8. The molecule has 0 aliphatic heterocycles. The summed E-state index contributed by atoms with van der Waals surface area (Å²) in [5, 5.41) is 7.91. The van der Waals surface area contributed by atoms with Crippen LogP contribution in [0.1, 0.15) is 43.0 Å². The number of aryl methyl sites for hydroxylation is 1. The molecule has 0 spiro atoms. The van der Waals surface area contributed by atoms with E-state index >= 15 is 0 Å². The van der Waals surface area contributed by atoms with Crippen LogP contribution in [0, 0.1) is 5.92 Å². The van der Waals surface area contributed by atoms with Crippen molar-refractivity contribution in [2.75, 3.05) is 19.6 Å². The quantitative estimate of drug-likeness (QED) is 0.572. The van der Waals surface area contributed by atoms with E-state index in [2.05, 4.69) is 34.5 Å². The van der Waals surface area contributed by atoms with Crippen molar-refractivity contribution in [3.63, 3.8) is 0 Å². The van der Waals surface area contributed by atoms with Crippen LogP contribution in [-0.2, 0) is 12.8 Å². The Labute approximate surface area is 126 Å². The van der Waals surface area contributed by atoms with Gasteiger partial charge >= 0.3 is 0 Å². The minimum Gasteiger partial charge on any atom is -0.357 e. The van der Waals surface area contributed by atoms with Crippen LogP contribution in [0.4, 0.5) is 0 Å². The van der Waals surface area contributed by atoms with E-state index in [1.807, 2.05) is 17.5 Å². The number of aliphatic imine (C=N–C) groups is 1. The van der Waals surface area contributed by atoms with Gasteiger partial charge in [-0.3, -0.25) is 4.99 Å². The van der Waals surface area contributed by atoms with Crippen LogP contribution in [0.3, 0.4) is 0 Å². The summed E-state index contributed by atoms with van der Waals surface area (Å²) in [5.74, 6) is 1.89. The normalized spacial score (nSPS) is 15.4. The minimum atomic E-state index is 0.895. The number of guanidine groups is 1. The molecule has 0 bridgehead atoms. The van der Waals surface area contributed by atoms with Gasteiger partial charge < -0.3 is 10.6 Å². The van der Waals surface area contributed by atoms with Crippen LogP contribution in [0.2, 0.25) is 0 Å². The summed E-state index contributed by atoms with van der Waals surface area (Å²) in [6.45, 7) is 7.02.